The van der Waals surface area contributed by atoms with Crippen LogP contribution in [0.15, 0.2) is 17.3 Å². The first-order chi connectivity index (χ1) is 10.1. The molecule has 0 spiro atoms. The van der Waals surface area contributed by atoms with Crippen molar-refractivity contribution < 1.29 is 17.8 Å². The van der Waals surface area contributed by atoms with Crippen LogP contribution in [0.3, 0.4) is 0 Å². The number of fused-ring (bicyclic) bond motifs is 1. The highest BCUT2D eigenvalue weighted by Crippen LogP contribution is 2.27. The van der Waals surface area contributed by atoms with Crippen molar-refractivity contribution in [1.82, 2.24) is 9.88 Å². The second-order valence-electron chi connectivity index (χ2n) is 5.96. The number of carbonyl (C=O) groups excluding carboxylic acids is 1. The summed E-state index contributed by atoms with van der Waals surface area (Å²) in [4.78, 5) is 18.0. The number of hydrogen-bond acceptors (Lipinski definition) is 5. The third-order valence-corrected chi connectivity index (χ3v) is 4.42. The summed E-state index contributed by atoms with van der Waals surface area (Å²) in [5, 5.41) is -0.427. The molecular formula is C15H20N2O4S. The number of pyridine rings is 1. The van der Waals surface area contributed by atoms with Gasteiger partial charge in [0.25, 0.3) is 0 Å². The van der Waals surface area contributed by atoms with Crippen molar-refractivity contribution in [2.45, 2.75) is 45.3 Å². The highest BCUT2D eigenvalue weighted by Gasteiger charge is 2.27. The van der Waals surface area contributed by atoms with Crippen LogP contribution in [0.25, 0.3) is 6.08 Å². The zero-order valence-corrected chi connectivity index (χ0v) is 13.9. The van der Waals surface area contributed by atoms with Gasteiger partial charge in [0.2, 0.25) is 0 Å². The molecule has 0 fully saturated rings. The van der Waals surface area contributed by atoms with Crippen LogP contribution < -0.4 is 0 Å². The molecule has 7 heteroatoms. The summed E-state index contributed by atoms with van der Waals surface area (Å²) in [5.41, 5.74) is 1.08. The first-order valence-electron chi connectivity index (χ1n) is 7.10. The van der Waals surface area contributed by atoms with E-state index >= 15 is 0 Å². The minimum Gasteiger partial charge on any atom is -0.371 e. The van der Waals surface area contributed by atoms with E-state index in [0.29, 0.717) is 17.7 Å². The van der Waals surface area contributed by atoms with Crippen molar-refractivity contribution in [2.75, 3.05) is 0 Å². The van der Waals surface area contributed by atoms with Crippen LogP contribution in [-0.4, -0.2) is 34.7 Å². The largest absolute Gasteiger partial charge is 0.371 e. The van der Waals surface area contributed by atoms with E-state index in [0.717, 1.165) is 0 Å². The predicted octanol–water partition coefficient (Wildman–Crippen LogP) is 2.36. The highest BCUT2D eigenvalue weighted by molar-refractivity contribution is 7.85. The third kappa shape index (κ3) is 3.20. The van der Waals surface area contributed by atoms with Gasteiger partial charge in [0.15, 0.2) is 10.8 Å². The molecule has 0 saturated carbocycles. The molecule has 0 bridgehead atoms. The Balaban J connectivity index is 2.64. The van der Waals surface area contributed by atoms with Gasteiger partial charge in [-0.2, -0.15) is 8.42 Å². The van der Waals surface area contributed by atoms with E-state index < -0.39 is 15.1 Å². The fraction of sp³-hybridized carbons (Fsp3) is 0.467. The van der Waals surface area contributed by atoms with Crippen LogP contribution in [0.1, 0.15) is 49.3 Å². The Morgan fingerprint density at radius 3 is 2.45 bits per heavy atom. The lowest BCUT2D eigenvalue weighted by Gasteiger charge is -2.29. The lowest BCUT2D eigenvalue weighted by Crippen LogP contribution is -2.29. The number of carbonyl (C=O) groups is 1. The maximum atomic E-state index is 12.1. The second-order valence-corrected chi connectivity index (χ2v) is 7.29. The number of rotatable bonds is 4. The van der Waals surface area contributed by atoms with Crippen LogP contribution in [0.5, 0.6) is 0 Å². The monoisotopic (exact) mass is 324 g/mol. The first kappa shape index (κ1) is 16.6. The fourth-order valence-electron chi connectivity index (χ4n) is 2.28. The van der Waals surface area contributed by atoms with Crippen LogP contribution in [0.2, 0.25) is 0 Å². The zero-order chi connectivity index (χ0) is 16.7. The first-order valence-corrected chi connectivity index (χ1v) is 8.55. The quantitative estimate of drug-likeness (QED) is 0.676. The number of ketones is 1. The lowest BCUT2D eigenvalue weighted by atomic mass is 10.00. The topological polar surface area (TPSA) is 87.6 Å². The molecule has 6 nitrogen and oxygen atoms in total. The van der Waals surface area contributed by atoms with E-state index in [-0.39, 0.29) is 23.4 Å². The molecule has 2 heterocycles. The van der Waals surface area contributed by atoms with Crippen molar-refractivity contribution in [1.29, 1.82) is 0 Å². The normalized spacial score (nSPS) is 14.6. The van der Waals surface area contributed by atoms with Gasteiger partial charge in [-0.15, -0.1) is 0 Å². The van der Waals surface area contributed by atoms with Gasteiger partial charge in [-0.25, -0.2) is 4.98 Å². The van der Waals surface area contributed by atoms with Crippen molar-refractivity contribution in [3.05, 3.63) is 29.1 Å². The van der Waals surface area contributed by atoms with Gasteiger partial charge in [-0.3, -0.25) is 9.35 Å². The molecular weight excluding hydrogens is 304 g/mol. The van der Waals surface area contributed by atoms with Crippen LogP contribution >= 0.6 is 0 Å². The molecule has 0 atom stereocenters. The summed E-state index contributed by atoms with van der Waals surface area (Å²) >= 11 is 0. The summed E-state index contributed by atoms with van der Waals surface area (Å²) in [5.74, 6) is -0.563. The Labute approximate surface area is 130 Å². The molecule has 1 aliphatic heterocycles. The molecule has 0 saturated heterocycles. The van der Waals surface area contributed by atoms with Crippen molar-refractivity contribution in [3.63, 3.8) is 0 Å². The molecule has 1 N–H and O–H groups in total. The number of Topliss-reactive ketones (excluding diaryl/α,β-unsaturated/α-hetero) is 1. The third-order valence-electron chi connectivity index (χ3n) is 3.59. The molecule has 1 aromatic heterocycles. The Hall–Kier alpha value is -1.73. The summed E-state index contributed by atoms with van der Waals surface area (Å²) in [6.45, 7) is 7.71. The van der Waals surface area contributed by atoms with E-state index in [2.05, 4.69) is 4.98 Å². The Morgan fingerprint density at radius 2 is 1.95 bits per heavy atom. The van der Waals surface area contributed by atoms with Crippen molar-refractivity contribution >= 4 is 22.0 Å². The van der Waals surface area contributed by atoms with Gasteiger partial charge in [0, 0.05) is 30.3 Å². The fourth-order valence-corrected chi connectivity index (χ4v) is 2.98. The van der Waals surface area contributed by atoms with Crippen LogP contribution in [0, 0.1) is 5.92 Å². The molecule has 2 rings (SSSR count). The van der Waals surface area contributed by atoms with Crippen LogP contribution in [-0.2, 0) is 16.7 Å². The van der Waals surface area contributed by atoms with Gasteiger partial charge in [-0.05, 0) is 31.6 Å². The molecule has 1 aliphatic rings. The van der Waals surface area contributed by atoms with E-state index in [1.807, 2.05) is 24.9 Å². The van der Waals surface area contributed by atoms with Crippen molar-refractivity contribution in [2.24, 2.45) is 5.92 Å². The average molecular weight is 324 g/mol. The standard InChI is InChI=1S/C15H20N2O4S/c1-9(2)14(18)13-7-11-5-6-17(10(3)4)8-12(11)15(16-13)22(19,20)21/h5-7,9-10H,8H2,1-4H3,(H,19,20,21). The van der Waals surface area contributed by atoms with E-state index in [9.17, 15) is 17.8 Å². The number of aromatic nitrogens is 1. The Bertz CT molecular complexity index is 736. The lowest BCUT2D eigenvalue weighted by molar-refractivity contribution is 0.0933. The second kappa shape index (κ2) is 5.81. The Kier molecular flexibility index (Phi) is 4.39. The molecule has 120 valence electrons. The van der Waals surface area contributed by atoms with E-state index in [4.69, 9.17) is 0 Å². The van der Waals surface area contributed by atoms with Crippen LogP contribution in [0.4, 0.5) is 0 Å². The maximum Gasteiger partial charge on any atom is 0.312 e. The summed E-state index contributed by atoms with van der Waals surface area (Å²) in [7, 11) is -4.50. The van der Waals surface area contributed by atoms with Gasteiger partial charge < -0.3 is 4.90 Å². The van der Waals surface area contributed by atoms with E-state index in [1.54, 1.807) is 26.0 Å². The highest BCUT2D eigenvalue weighted by atomic mass is 32.2. The number of hydrogen-bond donors (Lipinski definition) is 1. The summed E-state index contributed by atoms with van der Waals surface area (Å²) in [6, 6.07) is 1.76. The summed E-state index contributed by atoms with van der Waals surface area (Å²) in [6.07, 6.45) is 3.59. The maximum absolute atomic E-state index is 12.1. The Morgan fingerprint density at radius 1 is 1.32 bits per heavy atom. The molecule has 0 aromatic carbocycles. The minimum absolute atomic E-state index is 0.0593. The van der Waals surface area contributed by atoms with Gasteiger partial charge in [0.05, 0.1) is 0 Å². The van der Waals surface area contributed by atoms with Gasteiger partial charge in [0.1, 0.15) is 5.69 Å². The molecule has 0 aliphatic carbocycles. The number of nitrogens with zero attached hydrogens (tertiary/aromatic N) is 2. The predicted molar refractivity (Wildman–Crippen MR) is 82.9 cm³/mol. The minimum atomic E-state index is -4.50. The zero-order valence-electron chi connectivity index (χ0n) is 13.1. The molecule has 0 radical (unpaired) electrons. The van der Waals surface area contributed by atoms with Gasteiger partial charge >= 0.3 is 10.1 Å². The SMILES string of the molecule is CC(C)C(=O)c1cc2c(c(S(=O)(=O)O)n1)CN(C(C)C)C=C2. The van der Waals surface area contributed by atoms with Gasteiger partial charge in [-0.1, -0.05) is 13.8 Å². The molecule has 1 aromatic rings. The van der Waals surface area contributed by atoms with E-state index in [1.165, 1.54) is 0 Å². The smallest absolute Gasteiger partial charge is 0.312 e. The molecule has 0 unspecified atom stereocenters. The van der Waals surface area contributed by atoms with Crippen molar-refractivity contribution in [3.8, 4) is 0 Å². The average Bonchev–Trinajstić information content (AvgIpc) is 2.43. The molecule has 0 amide bonds. The summed E-state index contributed by atoms with van der Waals surface area (Å²) < 4.78 is 32.8. The molecule has 22 heavy (non-hydrogen) atoms.